The number of hydrogen-bond acceptors (Lipinski definition) is 9. The molecule has 3 amide bonds. The third-order valence-electron chi connectivity index (χ3n) is 16.0. The van der Waals surface area contributed by atoms with E-state index in [0.29, 0.717) is 72.5 Å². The fraction of sp³-hybridized carbons (Fsp3) is 0.400. The number of piperidine rings is 1. The lowest BCUT2D eigenvalue weighted by Gasteiger charge is -2.41. The molecule has 384 valence electrons. The minimum absolute atomic E-state index is 0.0204. The Morgan fingerprint density at radius 3 is 2.26 bits per heavy atom. The summed E-state index contributed by atoms with van der Waals surface area (Å²) >= 11 is 0. The van der Waals surface area contributed by atoms with E-state index in [0.717, 1.165) is 110 Å². The van der Waals surface area contributed by atoms with Gasteiger partial charge in [0.15, 0.2) is 0 Å². The van der Waals surface area contributed by atoms with Crippen LogP contribution in [0.5, 0.6) is 11.5 Å². The number of carbonyl (C=O) groups is 3. The Balaban J connectivity index is 0.973. The van der Waals surface area contributed by atoms with E-state index in [-0.39, 0.29) is 35.9 Å². The molecular weight excluding hydrogens is 929 g/mol. The molecule has 74 heavy (non-hydrogen) atoms. The molecule has 4 aliphatic rings. The summed E-state index contributed by atoms with van der Waals surface area (Å²) in [6.07, 6.45) is 5.13. The monoisotopic (exact) mass is 997 g/mol. The van der Waals surface area contributed by atoms with Crippen molar-refractivity contribution in [3.05, 3.63) is 153 Å². The average Bonchev–Trinajstić information content (AvgIpc) is 3.86. The number of aromatic hydroxyl groups is 1. The molecule has 10 rings (SSSR count). The first-order valence-electron chi connectivity index (χ1n) is 26.2. The van der Waals surface area contributed by atoms with Crippen molar-refractivity contribution in [3.63, 3.8) is 0 Å². The summed E-state index contributed by atoms with van der Waals surface area (Å²) in [5.74, 6) is 1.07. The van der Waals surface area contributed by atoms with Gasteiger partial charge in [-0.1, -0.05) is 42.8 Å². The van der Waals surface area contributed by atoms with Crippen LogP contribution in [0.25, 0.3) is 11.3 Å². The Bertz CT molecular complexity index is 3090. The molecule has 6 heterocycles. The second-order valence-electron chi connectivity index (χ2n) is 20.9. The molecule has 2 saturated heterocycles. The number of anilines is 2. The van der Waals surface area contributed by atoms with Gasteiger partial charge in [-0.25, -0.2) is 0 Å². The highest BCUT2D eigenvalue weighted by atomic mass is 16.5. The summed E-state index contributed by atoms with van der Waals surface area (Å²) in [6.45, 7) is 12.0. The van der Waals surface area contributed by atoms with Crippen LogP contribution >= 0.6 is 0 Å². The number of phenols is 1. The summed E-state index contributed by atoms with van der Waals surface area (Å²) in [5, 5.41) is 20.3. The number of ether oxygens (including phenoxy) is 2. The van der Waals surface area contributed by atoms with E-state index in [9.17, 15) is 15.2 Å². The molecule has 4 aliphatic heterocycles. The van der Waals surface area contributed by atoms with E-state index in [1.54, 1.807) is 46.8 Å². The number of nitriles is 1. The zero-order valence-electron chi connectivity index (χ0n) is 43.5. The van der Waals surface area contributed by atoms with Gasteiger partial charge in [0.25, 0.3) is 11.8 Å². The van der Waals surface area contributed by atoms with Crippen LogP contribution in [0.15, 0.2) is 97.1 Å². The van der Waals surface area contributed by atoms with Crippen molar-refractivity contribution in [2.45, 2.75) is 71.5 Å². The van der Waals surface area contributed by atoms with Gasteiger partial charge in [-0.05, 0) is 148 Å². The number of carbonyl (C=O) groups excluding carboxylic acids is 3. The first-order valence-corrected chi connectivity index (χ1v) is 26.2. The maximum absolute atomic E-state index is 15.8. The zero-order chi connectivity index (χ0) is 51.6. The molecule has 1 N–H and O–H groups in total. The molecule has 4 aromatic carbocycles. The number of likely N-dealkylation sites (tertiary alicyclic amines) is 1. The number of aromatic nitrogens is 2. The van der Waals surface area contributed by atoms with Crippen molar-refractivity contribution in [1.82, 2.24) is 28.7 Å². The van der Waals surface area contributed by atoms with Crippen molar-refractivity contribution in [2.75, 3.05) is 71.0 Å². The Labute approximate surface area is 434 Å². The number of fused-ring (bicyclic) bond motifs is 2. The third-order valence-corrected chi connectivity index (χ3v) is 16.0. The van der Waals surface area contributed by atoms with Gasteiger partial charge in [-0.15, -0.1) is 0 Å². The molecule has 6 aromatic rings. The molecule has 2 fully saturated rings. The minimum Gasteiger partial charge on any atom is -0.508 e. The van der Waals surface area contributed by atoms with Gasteiger partial charge in [0, 0.05) is 99.2 Å². The van der Waals surface area contributed by atoms with E-state index in [1.165, 1.54) is 12.0 Å². The van der Waals surface area contributed by atoms with Crippen molar-refractivity contribution in [2.24, 2.45) is 20.0 Å². The molecule has 14 heteroatoms. The van der Waals surface area contributed by atoms with Gasteiger partial charge in [0.2, 0.25) is 5.91 Å². The predicted octanol–water partition coefficient (Wildman–Crippen LogP) is 8.34. The van der Waals surface area contributed by atoms with Gasteiger partial charge < -0.3 is 43.3 Å². The zero-order valence-corrected chi connectivity index (χ0v) is 43.5. The lowest BCUT2D eigenvalue weighted by Crippen LogP contribution is -2.51. The summed E-state index contributed by atoms with van der Waals surface area (Å²) in [5.41, 5.74) is 10.6. The lowest BCUT2D eigenvalue weighted by molar-refractivity contribution is -0.131. The second-order valence-corrected chi connectivity index (χ2v) is 20.9. The van der Waals surface area contributed by atoms with Crippen molar-refractivity contribution < 1.29 is 29.0 Å². The van der Waals surface area contributed by atoms with Crippen LogP contribution in [0.4, 0.5) is 11.4 Å². The Kier molecular flexibility index (Phi) is 14.8. The minimum atomic E-state index is -0.317. The van der Waals surface area contributed by atoms with E-state index in [2.05, 4.69) is 52.1 Å². The summed E-state index contributed by atoms with van der Waals surface area (Å²) < 4.78 is 15.1. The highest BCUT2D eigenvalue weighted by Crippen LogP contribution is 2.39. The molecule has 0 bridgehead atoms. The molecule has 0 radical (unpaired) electrons. The number of phenolic OH excluding ortho intramolecular Hbond substituents is 1. The lowest BCUT2D eigenvalue weighted by atomic mass is 9.89. The van der Waals surface area contributed by atoms with E-state index < -0.39 is 0 Å². The molecule has 1 atom stereocenters. The topological polar surface area (TPSA) is 140 Å². The van der Waals surface area contributed by atoms with Gasteiger partial charge in [0.1, 0.15) is 29.9 Å². The fourth-order valence-electron chi connectivity index (χ4n) is 11.3. The quantitative estimate of drug-likeness (QED) is 0.108. The number of amides is 3. The van der Waals surface area contributed by atoms with E-state index in [4.69, 9.17) is 9.47 Å². The smallest absolute Gasteiger partial charge is 0.264 e. The predicted molar refractivity (Wildman–Crippen MR) is 286 cm³/mol. The summed E-state index contributed by atoms with van der Waals surface area (Å²) in [4.78, 5) is 55.5. The van der Waals surface area contributed by atoms with Gasteiger partial charge in [0.05, 0.1) is 30.9 Å². The number of hydrogen-bond donors (Lipinski definition) is 1. The van der Waals surface area contributed by atoms with Crippen molar-refractivity contribution in [3.8, 4) is 28.8 Å². The van der Waals surface area contributed by atoms with E-state index >= 15 is 9.59 Å². The molecular formula is C60H68N8O6. The van der Waals surface area contributed by atoms with Crippen LogP contribution < -0.4 is 9.64 Å². The first kappa shape index (κ1) is 50.4. The third kappa shape index (κ3) is 10.5. The van der Waals surface area contributed by atoms with Crippen molar-refractivity contribution in [1.29, 1.82) is 5.26 Å². The molecule has 0 spiro atoms. The standard InChI is InChI=1S/C60H68N8O6/c1-40-53(60(72)68(48-15-17-51(69)18-16-48)56-31-49(33-61)63(4)41(56)2)32-57(64(40)5)54-29-45-21-24-66(58(70)27-42-13-19-52(20-14-42)74-26-25-62(3)34-43-38-73-39-43)35-47(45)30-55(54)59(71)67-36-46-12-8-7-11-44(46)28-50(67)37-65-22-9-6-10-23-65/h7-8,11-20,29-32,43,50,69H,6,9-10,21-28,34-39H2,1-5H3/t50-/m0/s1. The Morgan fingerprint density at radius 1 is 0.811 bits per heavy atom. The molecule has 14 nitrogen and oxygen atoms in total. The van der Waals surface area contributed by atoms with Crippen LogP contribution in [0.3, 0.4) is 0 Å². The first-order chi connectivity index (χ1) is 35.8. The normalized spacial score (nSPS) is 16.9. The van der Waals surface area contributed by atoms with Crippen LogP contribution in [-0.2, 0) is 56.0 Å². The number of rotatable bonds is 15. The highest BCUT2D eigenvalue weighted by Gasteiger charge is 2.36. The van der Waals surface area contributed by atoms with Crippen LogP contribution in [0, 0.1) is 31.1 Å². The Hall–Kier alpha value is -7.18. The SMILES string of the molecule is Cc1c(N(C(=O)c2cc(-c3cc4c(cc3C(=O)N3Cc5ccccc5C[C@H]3CN3CCCCC3)CN(C(=O)Cc3ccc(OCCN(C)CC5COC5)cc3)CC4)n(C)c2C)c2ccc(O)cc2)cc(C#N)n1C. The molecule has 0 saturated carbocycles. The second kappa shape index (κ2) is 21.7. The number of nitrogens with zero attached hydrogens (tertiary/aromatic N) is 8. The molecule has 0 aliphatic carbocycles. The molecule has 0 unspecified atom stereocenters. The van der Waals surface area contributed by atoms with E-state index in [1.807, 2.05) is 72.8 Å². The summed E-state index contributed by atoms with van der Waals surface area (Å²) in [7, 11) is 5.84. The van der Waals surface area contributed by atoms with Crippen molar-refractivity contribution >= 4 is 29.1 Å². The van der Waals surface area contributed by atoms with Crippen LogP contribution in [0.1, 0.15) is 84.9 Å². The maximum Gasteiger partial charge on any atom is 0.264 e. The number of likely N-dealkylation sites (N-methyl/N-ethyl adjacent to an activating group) is 1. The van der Waals surface area contributed by atoms with Gasteiger partial charge >= 0.3 is 0 Å². The van der Waals surface area contributed by atoms with Crippen LogP contribution in [0.2, 0.25) is 0 Å². The largest absolute Gasteiger partial charge is 0.508 e. The van der Waals surface area contributed by atoms with Gasteiger partial charge in [-0.2, -0.15) is 5.26 Å². The Morgan fingerprint density at radius 2 is 1.55 bits per heavy atom. The fourth-order valence-corrected chi connectivity index (χ4v) is 11.3. The maximum atomic E-state index is 15.8. The summed E-state index contributed by atoms with van der Waals surface area (Å²) in [6, 6.07) is 32.7. The number of benzene rings is 4. The van der Waals surface area contributed by atoms with Crippen LogP contribution in [-0.4, -0.2) is 124 Å². The molecule has 2 aromatic heterocycles. The highest BCUT2D eigenvalue weighted by molar-refractivity contribution is 6.13. The average molecular weight is 997 g/mol. The van der Waals surface area contributed by atoms with Gasteiger partial charge in [-0.3, -0.25) is 19.3 Å².